The van der Waals surface area contributed by atoms with Crippen molar-refractivity contribution in [3.8, 4) is 0 Å². The molecule has 1 heterocycles. The molecule has 2 aromatic rings. The van der Waals surface area contributed by atoms with Gasteiger partial charge in [-0.25, -0.2) is 4.99 Å². The molecule has 0 saturated carbocycles. The average Bonchev–Trinajstić information content (AvgIpc) is 2.50. The molecule has 2 aromatic carbocycles. The number of nitrogens with two attached hydrogens (primary N) is 2. The summed E-state index contributed by atoms with van der Waals surface area (Å²) in [7, 11) is 0. The summed E-state index contributed by atoms with van der Waals surface area (Å²) in [6.07, 6.45) is -0.407. The Kier molecular flexibility index (Phi) is 3.92. The summed E-state index contributed by atoms with van der Waals surface area (Å²) < 4.78 is 0. The molecule has 0 aliphatic carbocycles. The van der Waals surface area contributed by atoms with Crippen molar-refractivity contribution < 1.29 is 0 Å². The summed E-state index contributed by atoms with van der Waals surface area (Å²) in [6.45, 7) is 0. The van der Waals surface area contributed by atoms with Crippen molar-refractivity contribution in [2.75, 3.05) is 4.90 Å². The van der Waals surface area contributed by atoms with Crippen LogP contribution in [0.1, 0.15) is 11.7 Å². The Morgan fingerprint density at radius 2 is 1.68 bits per heavy atom. The quantitative estimate of drug-likeness (QED) is 0.885. The van der Waals surface area contributed by atoms with Gasteiger partial charge in [-0.1, -0.05) is 53.5 Å². The van der Waals surface area contributed by atoms with Gasteiger partial charge in [0.05, 0.1) is 10.0 Å². The monoisotopic (exact) mass is 333 g/mol. The fourth-order valence-corrected chi connectivity index (χ4v) is 2.56. The van der Waals surface area contributed by atoms with E-state index in [0.29, 0.717) is 10.0 Å². The number of hydrogen-bond acceptors (Lipinski definition) is 5. The lowest BCUT2D eigenvalue weighted by molar-refractivity contribution is 0.736. The number of anilines is 1. The van der Waals surface area contributed by atoms with Crippen molar-refractivity contribution in [1.29, 1.82) is 0 Å². The zero-order chi connectivity index (χ0) is 15.7. The third-order valence-electron chi connectivity index (χ3n) is 3.25. The zero-order valence-corrected chi connectivity index (χ0v) is 13.0. The number of benzene rings is 2. The third-order valence-corrected chi connectivity index (χ3v) is 3.99. The number of halogens is 2. The van der Waals surface area contributed by atoms with Crippen LogP contribution in [0, 0.1) is 0 Å². The molecule has 0 bridgehead atoms. The second kappa shape index (κ2) is 5.87. The first kappa shape index (κ1) is 14.7. The minimum absolute atomic E-state index is 0.141. The van der Waals surface area contributed by atoms with E-state index in [2.05, 4.69) is 9.98 Å². The van der Waals surface area contributed by atoms with Crippen molar-refractivity contribution in [2.45, 2.75) is 6.17 Å². The van der Waals surface area contributed by atoms with E-state index < -0.39 is 6.17 Å². The van der Waals surface area contributed by atoms with E-state index in [0.717, 1.165) is 11.3 Å². The lowest BCUT2D eigenvalue weighted by Gasteiger charge is -2.32. The van der Waals surface area contributed by atoms with Gasteiger partial charge in [-0.2, -0.15) is 4.99 Å². The summed E-state index contributed by atoms with van der Waals surface area (Å²) in [6, 6.07) is 14.9. The second-order valence-corrected chi connectivity index (χ2v) is 5.52. The molecule has 3 rings (SSSR count). The first-order valence-electron chi connectivity index (χ1n) is 6.53. The molecule has 22 heavy (non-hydrogen) atoms. The van der Waals surface area contributed by atoms with E-state index in [1.54, 1.807) is 17.0 Å². The summed E-state index contributed by atoms with van der Waals surface area (Å²) >= 11 is 12.1. The number of guanidine groups is 2. The highest BCUT2D eigenvalue weighted by Gasteiger charge is 2.27. The van der Waals surface area contributed by atoms with Crippen LogP contribution in [0.4, 0.5) is 5.69 Å². The topological polar surface area (TPSA) is 80.0 Å². The Hall–Kier alpha value is -2.24. The summed E-state index contributed by atoms with van der Waals surface area (Å²) in [5, 5.41) is 0.901. The molecule has 0 aromatic heterocycles. The minimum Gasteiger partial charge on any atom is -0.369 e. The molecule has 112 valence electrons. The standard InChI is InChI=1S/C15H13Cl2N5/c16-11-7-6-10(8-12(11)17)22-13(9-4-2-1-3-5-9)20-14(18)21-15(22)19/h1-8,13H,(H4,18,19,20,21). The Morgan fingerprint density at radius 1 is 0.955 bits per heavy atom. The zero-order valence-electron chi connectivity index (χ0n) is 11.4. The second-order valence-electron chi connectivity index (χ2n) is 4.71. The highest BCUT2D eigenvalue weighted by atomic mass is 35.5. The molecule has 7 heteroatoms. The number of aliphatic imine (C=N–C) groups is 2. The van der Waals surface area contributed by atoms with Gasteiger partial charge in [0.1, 0.15) is 0 Å². The van der Waals surface area contributed by atoms with Crippen molar-refractivity contribution in [2.24, 2.45) is 21.5 Å². The number of nitrogens with zero attached hydrogens (tertiary/aromatic N) is 3. The van der Waals surface area contributed by atoms with Gasteiger partial charge in [0, 0.05) is 5.69 Å². The minimum atomic E-state index is -0.407. The van der Waals surface area contributed by atoms with E-state index in [9.17, 15) is 0 Å². The van der Waals surface area contributed by atoms with Crippen molar-refractivity contribution >= 4 is 40.8 Å². The van der Waals surface area contributed by atoms with Gasteiger partial charge in [0.25, 0.3) is 0 Å². The van der Waals surface area contributed by atoms with Crippen LogP contribution in [0.25, 0.3) is 0 Å². The third kappa shape index (κ3) is 2.73. The molecule has 1 aliphatic heterocycles. The smallest absolute Gasteiger partial charge is 0.221 e. The van der Waals surface area contributed by atoms with E-state index in [1.165, 1.54) is 0 Å². The van der Waals surface area contributed by atoms with E-state index in [-0.39, 0.29) is 11.9 Å². The molecule has 1 atom stereocenters. The van der Waals surface area contributed by atoms with Gasteiger partial charge in [-0.15, -0.1) is 0 Å². The Labute approximate surface area is 137 Å². The summed E-state index contributed by atoms with van der Waals surface area (Å²) in [5.41, 5.74) is 13.5. The van der Waals surface area contributed by atoms with Crippen LogP contribution in [0.15, 0.2) is 58.5 Å². The van der Waals surface area contributed by atoms with Gasteiger partial charge in [-0.05, 0) is 23.8 Å². The molecule has 4 N–H and O–H groups in total. The summed E-state index contributed by atoms with van der Waals surface area (Å²) in [5.74, 6) is 0.391. The normalized spacial score (nSPS) is 17.9. The highest BCUT2D eigenvalue weighted by molar-refractivity contribution is 6.42. The van der Waals surface area contributed by atoms with Crippen molar-refractivity contribution in [1.82, 2.24) is 0 Å². The van der Waals surface area contributed by atoms with Crippen LogP contribution in [0.2, 0.25) is 10.0 Å². The van der Waals surface area contributed by atoms with E-state index in [4.69, 9.17) is 34.7 Å². The maximum Gasteiger partial charge on any atom is 0.221 e. The van der Waals surface area contributed by atoms with Gasteiger partial charge in [0.2, 0.25) is 11.9 Å². The molecule has 1 aliphatic rings. The number of hydrogen-bond donors (Lipinski definition) is 2. The Bertz CT molecular complexity index is 758. The Balaban J connectivity index is 2.09. The van der Waals surface area contributed by atoms with Crippen LogP contribution in [-0.2, 0) is 0 Å². The maximum absolute atomic E-state index is 6.10. The number of rotatable bonds is 2. The van der Waals surface area contributed by atoms with E-state index >= 15 is 0 Å². The van der Waals surface area contributed by atoms with Crippen LogP contribution in [0.5, 0.6) is 0 Å². The van der Waals surface area contributed by atoms with Crippen molar-refractivity contribution in [3.63, 3.8) is 0 Å². The van der Waals surface area contributed by atoms with Gasteiger partial charge >= 0.3 is 0 Å². The van der Waals surface area contributed by atoms with Gasteiger partial charge in [-0.3, -0.25) is 4.90 Å². The predicted octanol–water partition coefficient (Wildman–Crippen LogP) is 3.14. The Morgan fingerprint density at radius 3 is 2.36 bits per heavy atom. The van der Waals surface area contributed by atoms with Crippen LogP contribution in [-0.4, -0.2) is 11.9 Å². The van der Waals surface area contributed by atoms with Crippen LogP contribution in [0.3, 0.4) is 0 Å². The first-order chi connectivity index (χ1) is 10.6. The maximum atomic E-state index is 6.10. The fraction of sp³-hybridized carbons (Fsp3) is 0.0667. The molecule has 0 amide bonds. The van der Waals surface area contributed by atoms with Crippen LogP contribution >= 0.6 is 23.2 Å². The van der Waals surface area contributed by atoms with Gasteiger partial charge < -0.3 is 11.5 Å². The van der Waals surface area contributed by atoms with Crippen molar-refractivity contribution in [3.05, 3.63) is 64.1 Å². The molecular formula is C15H13Cl2N5. The molecule has 0 spiro atoms. The molecular weight excluding hydrogens is 321 g/mol. The highest BCUT2D eigenvalue weighted by Crippen LogP contribution is 2.33. The average molecular weight is 334 g/mol. The molecule has 1 unspecified atom stereocenters. The SMILES string of the molecule is NC1=NC(c2ccccc2)N(c2ccc(Cl)c(Cl)c2)C(N)=N1. The molecule has 0 saturated heterocycles. The molecule has 5 nitrogen and oxygen atoms in total. The van der Waals surface area contributed by atoms with Crippen LogP contribution < -0.4 is 16.4 Å². The largest absolute Gasteiger partial charge is 0.369 e. The molecule has 0 fully saturated rings. The first-order valence-corrected chi connectivity index (χ1v) is 7.28. The lowest BCUT2D eigenvalue weighted by Crippen LogP contribution is -2.44. The summed E-state index contributed by atoms with van der Waals surface area (Å²) in [4.78, 5) is 10.2. The fourth-order valence-electron chi connectivity index (χ4n) is 2.27. The molecule has 0 radical (unpaired) electrons. The van der Waals surface area contributed by atoms with Gasteiger partial charge in [0.15, 0.2) is 6.17 Å². The lowest BCUT2D eigenvalue weighted by atomic mass is 10.1. The van der Waals surface area contributed by atoms with E-state index in [1.807, 2.05) is 36.4 Å². The predicted molar refractivity (Wildman–Crippen MR) is 91.4 cm³/mol.